The van der Waals surface area contributed by atoms with Crippen LogP contribution in [0.1, 0.15) is 40.6 Å². The van der Waals surface area contributed by atoms with Gasteiger partial charge in [-0.15, -0.1) is 0 Å². The third-order valence-corrected chi connectivity index (χ3v) is 9.58. The van der Waals surface area contributed by atoms with Crippen molar-refractivity contribution in [1.82, 2.24) is 5.32 Å². The summed E-state index contributed by atoms with van der Waals surface area (Å²) in [6, 6.07) is 61.0. The Labute approximate surface area is 275 Å². The second-order valence-corrected chi connectivity index (χ2v) is 12.4. The monoisotopic (exact) mass is 606 g/mol. The van der Waals surface area contributed by atoms with Crippen LogP contribution < -0.4 is 20.9 Å². The number of rotatable bonds is 5. The minimum Gasteiger partial charge on any atom is -0.365 e. The van der Waals surface area contributed by atoms with Crippen molar-refractivity contribution in [2.45, 2.75) is 18.4 Å². The Morgan fingerprint density at radius 1 is 0.468 bits per heavy atom. The van der Waals surface area contributed by atoms with Gasteiger partial charge in [-0.25, -0.2) is 0 Å². The molecule has 0 saturated carbocycles. The number of benzene rings is 7. The highest BCUT2D eigenvalue weighted by atomic mass is 15.3. The number of nitrogens with zero attached hydrogens (tertiary/aromatic N) is 1. The van der Waals surface area contributed by atoms with Gasteiger partial charge in [-0.05, 0) is 63.0 Å². The third-order valence-electron chi connectivity index (χ3n) is 9.58. The molecule has 0 fully saturated rings. The first-order valence-electron chi connectivity index (χ1n) is 16.3. The highest BCUT2D eigenvalue weighted by Gasteiger charge is 2.31. The molecule has 0 aromatic heterocycles. The van der Waals surface area contributed by atoms with Gasteiger partial charge in [0.25, 0.3) is 0 Å². The van der Waals surface area contributed by atoms with Crippen molar-refractivity contribution in [3.05, 3.63) is 192 Å². The van der Waals surface area contributed by atoms with Crippen LogP contribution in [0.5, 0.6) is 0 Å². The molecule has 2 aliphatic heterocycles. The van der Waals surface area contributed by atoms with Gasteiger partial charge in [0, 0.05) is 16.8 Å². The lowest BCUT2D eigenvalue weighted by molar-refractivity contribution is 0.507. The number of anilines is 4. The van der Waals surface area contributed by atoms with E-state index >= 15 is 0 Å². The van der Waals surface area contributed by atoms with Crippen LogP contribution in [0, 0.1) is 0 Å². The number of fused-ring (bicyclic) bond motifs is 4. The summed E-state index contributed by atoms with van der Waals surface area (Å²) in [5, 5.41) is 14.0. The van der Waals surface area contributed by atoms with Crippen LogP contribution in [-0.2, 0) is 0 Å². The lowest BCUT2D eigenvalue weighted by Crippen LogP contribution is -2.37. The maximum absolute atomic E-state index is 3.91. The minimum absolute atomic E-state index is 0.00230. The quantitative estimate of drug-likeness (QED) is 0.182. The molecule has 9 rings (SSSR count). The molecule has 2 heterocycles. The van der Waals surface area contributed by atoms with E-state index in [0.717, 1.165) is 5.69 Å². The first-order valence-corrected chi connectivity index (χ1v) is 16.3. The van der Waals surface area contributed by atoms with Crippen LogP contribution in [0.3, 0.4) is 0 Å². The van der Waals surface area contributed by atoms with Gasteiger partial charge >= 0.3 is 0 Å². The third kappa shape index (κ3) is 4.91. The molecule has 7 aromatic rings. The Morgan fingerprint density at radius 2 is 1.11 bits per heavy atom. The van der Waals surface area contributed by atoms with E-state index in [-0.39, 0.29) is 18.4 Å². The molecule has 4 heteroatoms. The molecule has 3 N–H and O–H groups in total. The lowest BCUT2D eigenvalue weighted by Gasteiger charge is -2.36. The average Bonchev–Trinajstić information content (AvgIpc) is 3.55. The normalized spacial score (nSPS) is 18.2. The second-order valence-electron chi connectivity index (χ2n) is 12.4. The van der Waals surface area contributed by atoms with Gasteiger partial charge in [-0.2, -0.15) is 0 Å². The van der Waals surface area contributed by atoms with Crippen molar-refractivity contribution in [2.24, 2.45) is 0 Å². The molecule has 0 radical (unpaired) electrons. The predicted molar refractivity (Wildman–Crippen MR) is 195 cm³/mol. The molecular formula is C43H34N4. The van der Waals surface area contributed by atoms with Crippen molar-refractivity contribution in [1.29, 1.82) is 0 Å². The van der Waals surface area contributed by atoms with Crippen LogP contribution in [0.2, 0.25) is 0 Å². The van der Waals surface area contributed by atoms with Gasteiger partial charge in [-0.1, -0.05) is 146 Å². The molecule has 3 atom stereocenters. The lowest BCUT2D eigenvalue weighted by atomic mass is 9.90. The summed E-state index contributed by atoms with van der Waals surface area (Å²) in [5.41, 5.74) is 12.1. The van der Waals surface area contributed by atoms with E-state index < -0.39 is 0 Å². The molecule has 0 aliphatic carbocycles. The first-order chi connectivity index (χ1) is 23.3. The smallest absolute Gasteiger partial charge is 0.130 e. The summed E-state index contributed by atoms with van der Waals surface area (Å²) < 4.78 is 0. The standard InChI is InChI=1S/C43H34N4/c1-3-12-33(13-4-1)42-45-40(37-28-27-31-11-7-8-16-36(31)41(37)46-42)32-23-19-29(20-24-32)30-21-25-34(26-22-30)43-44-38-17-9-10-18-39(38)47(43)35-14-5-2-6-15-35/h1-28,40,42-46H. The van der Waals surface area contributed by atoms with Crippen LogP contribution in [-0.4, -0.2) is 0 Å². The van der Waals surface area contributed by atoms with Crippen LogP contribution in [0.4, 0.5) is 22.7 Å². The van der Waals surface area contributed by atoms with E-state index in [4.69, 9.17) is 0 Å². The van der Waals surface area contributed by atoms with Crippen LogP contribution >= 0.6 is 0 Å². The Hall–Kier alpha value is -5.84. The van der Waals surface area contributed by atoms with Gasteiger partial charge in [0.2, 0.25) is 0 Å². The molecule has 4 nitrogen and oxygen atoms in total. The maximum Gasteiger partial charge on any atom is 0.130 e. The van der Waals surface area contributed by atoms with Gasteiger partial charge in [0.1, 0.15) is 12.3 Å². The summed E-state index contributed by atoms with van der Waals surface area (Å²) in [5.74, 6) is 0. The van der Waals surface area contributed by atoms with Gasteiger partial charge < -0.3 is 15.5 Å². The number of nitrogens with one attached hydrogen (secondary N) is 3. The minimum atomic E-state index is -0.00230. The van der Waals surface area contributed by atoms with Crippen molar-refractivity contribution in [3.63, 3.8) is 0 Å². The zero-order valence-electron chi connectivity index (χ0n) is 25.8. The fourth-order valence-electron chi connectivity index (χ4n) is 7.23. The summed E-state index contributed by atoms with van der Waals surface area (Å²) in [6.45, 7) is 0. The van der Waals surface area contributed by atoms with Crippen molar-refractivity contribution >= 4 is 33.5 Å². The van der Waals surface area contributed by atoms with Gasteiger partial charge in [0.05, 0.1) is 17.4 Å². The SMILES string of the molecule is c1ccc(C2Nc3c(ccc4ccccc34)C(c3ccc(-c4ccc(C5Nc6ccccc6N5c5ccccc5)cc4)cc3)N2)cc1. The van der Waals surface area contributed by atoms with Crippen LogP contribution in [0.25, 0.3) is 21.9 Å². The zero-order valence-corrected chi connectivity index (χ0v) is 25.8. The molecule has 0 bridgehead atoms. The molecule has 47 heavy (non-hydrogen) atoms. The summed E-state index contributed by atoms with van der Waals surface area (Å²) in [7, 11) is 0. The van der Waals surface area contributed by atoms with Crippen molar-refractivity contribution < 1.29 is 0 Å². The summed E-state index contributed by atoms with van der Waals surface area (Å²) in [4.78, 5) is 2.38. The molecule has 0 saturated heterocycles. The van der Waals surface area contributed by atoms with Gasteiger partial charge in [-0.3, -0.25) is 5.32 Å². The Kier molecular flexibility index (Phi) is 6.72. The fourth-order valence-corrected chi connectivity index (χ4v) is 7.23. The molecule has 3 unspecified atom stereocenters. The second kappa shape index (κ2) is 11.5. The molecule has 0 amide bonds. The van der Waals surface area contributed by atoms with E-state index in [0.29, 0.717) is 0 Å². The molecule has 7 aromatic carbocycles. The van der Waals surface area contributed by atoms with E-state index in [1.165, 1.54) is 61.2 Å². The van der Waals surface area contributed by atoms with Crippen molar-refractivity contribution in [3.8, 4) is 11.1 Å². The first kappa shape index (κ1) is 27.5. The van der Waals surface area contributed by atoms with Gasteiger partial charge in [0.15, 0.2) is 0 Å². The number of hydrogen-bond acceptors (Lipinski definition) is 4. The van der Waals surface area contributed by atoms with E-state index in [2.05, 4.69) is 191 Å². The maximum atomic E-state index is 3.91. The largest absolute Gasteiger partial charge is 0.365 e. The Bertz CT molecular complexity index is 2180. The van der Waals surface area contributed by atoms with E-state index in [1.807, 2.05) is 0 Å². The number of para-hydroxylation sites is 3. The Morgan fingerprint density at radius 3 is 1.87 bits per heavy atom. The molecule has 0 spiro atoms. The Balaban J connectivity index is 1.02. The highest BCUT2D eigenvalue weighted by Crippen LogP contribution is 2.46. The average molecular weight is 607 g/mol. The topological polar surface area (TPSA) is 39.3 Å². The summed E-state index contributed by atoms with van der Waals surface area (Å²) >= 11 is 0. The van der Waals surface area contributed by atoms with Crippen LogP contribution in [0.15, 0.2) is 170 Å². The molecule has 2 aliphatic rings. The molecule has 226 valence electrons. The highest BCUT2D eigenvalue weighted by molar-refractivity contribution is 5.96. The predicted octanol–water partition coefficient (Wildman–Crippen LogP) is 10.6. The van der Waals surface area contributed by atoms with Crippen molar-refractivity contribution in [2.75, 3.05) is 15.5 Å². The zero-order chi connectivity index (χ0) is 31.2. The summed E-state index contributed by atoms with van der Waals surface area (Å²) in [6.07, 6.45) is 0.0171. The molecular weight excluding hydrogens is 573 g/mol. The van der Waals surface area contributed by atoms with E-state index in [9.17, 15) is 0 Å². The fraction of sp³-hybridized carbons (Fsp3) is 0.0698. The number of hydrogen-bond donors (Lipinski definition) is 3. The van der Waals surface area contributed by atoms with E-state index in [1.54, 1.807) is 0 Å².